The molecule has 0 fully saturated rings. The van der Waals surface area contributed by atoms with Crippen LogP contribution in [0.4, 0.5) is 0 Å². The number of nitrogens with zero attached hydrogens (tertiary/aromatic N) is 2. The van der Waals surface area contributed by atoms with Crippen molar-refractivity contribution in [1.82, 2.24) is 15.1 Å². The van der Waals surface area contributed by atoms with Gasteiger partial charge < -0.3 is 10.4 Å². The minimum absolute atomic E-state index is 0.0285. The van der Waals surface area contributed by atoms with Crippen LogP contribution in [-0.4, -0.2) is 26.8 Å². The Labute approximate surface area is 119 Å². The highest BCUT2D eigenvalue weighted by atomic mass is 16.4. The topological polar surface area (TPSA) is 84.2 Å². The highest BCUT2D eigenvalue weighted by Gasteiger charge is 2.38. The predicted molar refractivity (Wildman–Crippen MR) is 75.0 cm³/mol. The zero-order chi connectivity index (χ0) is 15.5. The third-order valence-electron chi connectivity index (χ3n) is 4.10. The molecule has 20 heavy (non-hydrogen) atoms. The molecular formula is C14H23N3O3. The fourth-order valence-electron chi connectivity index (χ4n) is 1.83. The van der Waals surface area contributed by atoms with Crippen LogP contribution >= 0.6 is 0 Å². The van der Waals surface area contributed by atoms with Crippen LogP contribution in [0.1, 0.15) is 38.4 Å². The van der Waals surface area contributed by atoms with Crippen molar-refractivity contribution in [1.29, 1.82) is 0 Å². The van der Waals surface area contributed by atoms with Crippen LogP contribution in [0.2, 0.25) is 0 Å². The summed E-state index contributed by atoms with van der Waals surface area (Å²) in [6.07, 6.45) is 1.67. The Morgan fingerprint density at radius 2 is 2.10 bits per heavy atom. The van der Waals surface area contributed by atoms with E-state index in [-0.39, 0.29) is 18.2 Å². The number of carboxylic acid groups (broad SMARTS) is 1. The van der Waals surface area contributed by atoms with E-state index in [1.165, 1.54) is 0 Å². The van der Waals surface area contributed by atoms with E-state index in [1.807, 2.05) is 27.8 Å². The number of hydrogen-bond donors (Lipinski definition) is 2. The lowest BCUT2D eigenvalue weighted by molar-refractivity contribution is -0.153. The molecule has 1 aromatic rings. The summed E-state index contributed by atoms with van der Waals surface area (Å²) in [5.41, 5.74) is 0.867. The number of carbonyl (C=O) groups excluding carboxylic acids is 1. The summed E-state index contributed by atoms with van der Waals surface area (Å²) >= 11 is 0. The molecule has 1 rings (SSSR count). The number of carbonyl (C=O) groups is 2. The highest BCUT2D eigenvalue weighted by Crippen LogP contribution is 2.31. The lowest BCUT2D eigenvalue weighted by Gasteiger charge is -2.28. The lowest BCUT2D eigenvalue weighted by Crippen LogP contribution is -2.39. The summed E-state index contributed by atoms with van der Waals surface area (Å²) < 4.78 is 1.73. The Morgan fingerprint density at radius 3 is 2.50 bits per heavy atom. The van der Waals surface area contributed by atoms with Crippen LogP contribution < -0.4 is 5.32 Å². The molecule has 1 unspecified atom stereocenters. The minimum atomic E-state index is -1.05. The number of hydrogen-bond acceptors (Lipinski definition) is 3. The Balaban J connectivity index is 2.64. The van der Waals surface area contributed by atoms with Crippen molar-refractivity contribution < 1.29 is 14.7 Å². The van der Waals surface area contributed by atoms with Crippen molar-refractivity contribution in [2.75, 3.05) is 0 Å². The number of amides is 1. The summed E-state index contributed by atoms with van der Waals surface area (Å²) in [5, 5.41) is 16.2. The fraction of sp³-hybridized carbons (Fsp3) is 0.643. The van der Waals surface area contributed by atoms with Gasteiger partial charge in [0.15, 0.2) is 0 Å². The first-order chi connectivity index (χ1) is 9.18. The molecule has 1 atom stereocenters. The third kappa shape index (κ3) is 3.37. The van der Waals surface area contributed by atoms with Gasteiger partial charge in [-0.15, -0.1) is 0 Å². The van der Waals surface area contributed by atoms with E-state index in [0.29, 0.717) is 6.54 Å². The SMILES string of the molecule is Cc1c(CNC(=O)CC(C)(C(=O)O)C(C)C)cnn1C. The van der Waals surface area contributed by atoms with Gasteiger partial charge in [-0.25, -0.2) is 0 Å². The van der Waals surface area contributed by atoms with Gasteiger partial charge in [0.2, 0.25) is 5.91 Å². The number of aromatic nitrogens is 2. The predicted octanol–water partition coefficient (Wildman–Crippen LogP) is 1.48. The largest absolute Gasteiger partial charge is 0.481 e. The van der Waals surface area contributed by atoms with Crippen molar-refractivity contribution in [3.05, 3.63) is 17.5 Å². The van der Waals surface area contributed by atoms with Gasteiger partial charge in [-0.2, -0.15) is 5.10 Å². The molecule has 0 aliphatic rings. The molecule has 112 valence electrons. The van der Waals surface area contributed by atoms with Crippen LogP contribution in [0.3, 0.4) is 0 Å². The zero-order valence-electron chi connectivity index (χ0n) is 12.7. The molecule has 0 saturated carbocycles. The molecule has 0 radical (unpaired) electrons. The number of nitrogens with one attached hydrogen (secondary N) is 1. The van der Waals surface area contributed by atoms with E-state index in [2.05, 4.69) is 10.4 Å². The van der Waals surface area contributed by atoms with E-state index < -0.39 is 11.4 Å². The first-order valence-corrected chi connectivity index (χ1v) is 6.66. The maximum atomic E-state index is 12.0. The summed E-state index contributed by atoms with van der Waals surface area (Å²) in [6.45, 7) is 7.52. The minimum Gasteiger partial charge on any atom is -0.481 e. The summed E-state index contributed by atoms with van der Waals surface area (Å²) in [6, 6.07) is 0. The van der Waals surface area contributed by atoms with Gasteiger partial charge in [0.05, 0.1) is 11.6 Å². The Kier molecular flexibility index (Phi) is 4.92. The second-order valence-electron chi connectivity index (χ2n) is 5.71. The van der Waals surface area contributed by atoms with E-state index in [9.17, 15) is 14.7 Å². The molecule has 0 saturated heterocycles. The molecule has 0 spiro atoms. The Bertz CT molecular complexity index is 508. The maximum absolute atomic E-state index is 12.0. The quantitative estimate of drug-likeness (QED) is 0.827. The summed E-state index contributed by atoms with van der Waals surface area (Å²) in [5.74, 6) is -1.32. The molecule has 1 amide bonds. The molecular weight excluding hydrogens is 258 g/mol. The average molecular weight is 281 g/mol. The molecule has 0 aliphatic carbocycles. The number of aryl methyl sites for hydroxylation is 1. The first-order valence-electron chi connectivity index (χ1n) is 6.66. The average Bonchev–Trinajstić information content (AvgIpc) is 2.67. The van der Waals surface area contributed by atoms with Gasteiger partial charge >= 0.3 is 5.97 Å². The highest BCUT2D eigenvalue weighted by molar-refractivity contribution is 5.84. The van der Waals surface area contributed by atoms with Gasteiger partial charge in [0.1, 0.15) is 0 Å². The number of carboxylic acids is 1. The smallest absolute Gasteiger partial charge is 0.310 e. The fourth-order valence-corrected chi connectivity index (χ4v) is 1.83. The monoisotopic (exact) mass is 281 g/mol. The Hall–Kier alpha value is -1.85. The second kappa shape index (κ2) is 6.07. The van der Waals surface area contributed by atoms with Crippen LogP contribution in [0.15, 0.2) is 6.20 Å². The molecule has 6 nitrogen and oxygen atoms in total. The van der Waals surface area contributed by atoms with E-state index in [4.69, 9.17) is 0 Å². The standard InChI is InChI=1S/C14H23N3O3/c1-9(2)14(4,13(19)20)6-12(18)15-7-11-8-16-17(5)10(11)3/h8-9H,6-7H2,1-5H3,(H,15,18)(H,19,20). The van der Waals surface area contributed by atoms with Gasteiger partial charge in [-0.1, -0.05) is 13.8 Å². The second-order valence-corrected chi connectivity index (χ2v) is 5.71. The van der Waals surface area contributed by atoms with Gasteiger partial charge in [-0.3, -0.25) is 14.3 Å². The first kappa shape index (κ1) is 16.2. The van der Waals surface area contributed by atoms with Crippen LogP contribution in [0.5, 0.6) is 0 Å². The summed E-state index contributed by atoms with van der Waals surface area (Å²) in [7, 11) is 1.83. The van der Waals surface area contributed by atoms with Gasteiger partial charge in [0, 0.05) is 31.3 Å². The van der Waals surface area contributed by atoms with E-state index >= 15 is 0 Å². The van der Waals surface area contributed by atoms with Gasteiger partial charge in [0.25, 0.3) is 0 Å². The lowest BCUT2D eigenvalue weighted by atomic mass is 9.76. The maximum Gasteiger partial charge on any atom is 0.310 e. The third-order valence-corrected chi connectivity index (χ3v) is 4.10. The normalized spacial score (nSPS) is 14.1. The number of aliphatic carboxylic acids is 1. The van der Waals surface area contributed by atoms with Crippen LogP contribution in [-0.2, 0) is 23.2 Å². The van der Waals surface area contributed by atoms with Crippen molar-refractivity contribution in [3.8, 4) is 0 Å². The van der Waals surface area contributed by atoms with Crippen molar-refractivity contribution in [2.45, 2.75) is 40.7 Å². The van der Waals surface area contributed by atoms with E-state index in [0.717, 1.165) is 11.3 Å². The summed E-state index contributed by atoms with van der Waals surface area (Å²) in [4.78, 5) is 23.3. The Morgan fingerprint density at radius 1 is 1.50 bits per heavy atom. The number of rotatable bonds is 6. The molecule has 0 aromatic carbocycles. The molecule has 2 N–H and O–H groups in total. The van der Waals surface area contributed by atoms with Crippen molar-refractivity contribution in [3.63, 3.8) is 0 Å². The molecule has 6 heteroatoms. The molecule has 1 aromatic heterocycles. The molecule has 0 bridgehead atoms. The van der Waals surface area contributed by atoms with Crippen molar-refractivity contribution in [2.24, 2.45) is 18.4 Å². The van der Waals surface area contributed by atoms with E-state index in [1.54, 1.807) is 17.8 Å². The van der Waals surface area contributed by atoms with Crippen LogP contribution in [0, 0.1) is 18.3 Å². The zero-order valence-corrected chi connectivity index (χ0v) is 12.7. The molecule has 1 heterocycles. The van der Waals surface area contributed by atoms with Crippen molar-refractivity contribution >= 4 is 11.9 Å². The van der Waals surface area contributed by atoms with Crippen LogP contribution in [0.25, 0.3) is 0 Å². The molecule has 0 aliphatic heterocycles. The van der Waals surface area contributed by atoms with Gasteiger partial charge in [-0.05, 0) is 19.8 Å².